The van der Waals surface area contributed by atoms with Gasteiger partial charge in [0.15, 0.2) is 12.1 Å². The summed E-state index contributed by atoms with van der Waals surface area (Å²) in [6.45, 7) is 4.47. The highest BCUT2D eigenvalue weighted by atomic mass is 16.5. The summed E-state index contributed by atoms with van der Waals surface area (Å²) in [5.74, 6) is 0.309. The molecule has 4 heteroatoms. The summed E-state index contributed by atoms with van der Waals surface area (Å²) in [7, 11) is 0. The molecule has 2 bridgehead atoms. The lowest BCUT2D eigenvalue weighted by molar-refractivity contribution is -0.946. The molecule has 0 unspecified atom stereocenters. The van der Waals surface area contributed by atoms with Gasteiger partial charge in [0.05, 0.1) is 19.6 Å². The molecule has 0 aromatic heterocycles. The predicted molar refractivity (Wildman–Crippen MR) is 132 cm³/mol. The summed E-state index contributed by atoms with van der Waals surface area (Å²) >= 11 is 0. The molecule has 6 rings (SSSR count). The Morgan fingerprint density at radius 1 is 0.879 bits per heavy atom. The van der Waals surface area contributed by atoms with Crippen molar-refractivity contribution in [1.82, 2.24) is 0 Å². The van der Waals surface area contributed by atoms with Gasteiger partial charge in [-0.2, -0.15) is 0 Å². The van der Waals surface area contributed by atoms with Crippen LogP contribution in [0, 0.1) is 5.92 Å². The van der Waals surface area contributed by atoms with E-state index in [9.17, 15) is 4.79 Å². The van der Waals surface area contributed by atoms with E-state index in [0.717, 1.165) is 48.1 Å². The summed E-state index contributed by atoms with van der Waals surface area (Å²) in [6, 6.07) is 30.0. The molecule has 33 heavy (non-hydrogen) atoms. The molecule has 3 aliphatic heterocycles. The number of fused-ring (bicyclic) bond motifs is 3. The van der Waals surface area contributed by atoms with E-state index in [1.165, 1.54) is 18.7 Å². The smallest absolute Gasteiger partial charge is 0.333 e. The van der Waals surface area contributed by atoms with Gasteiger partial charge in [0, 0.05) is 30.9 Å². The minimum Gasteiger partial charge on any atom is -0.454 e. The van der Waals surface area contributed by atoms with Crippen molar-refractivity contribution in [2.24, 2.45) is 5.92 Å². The number of para-hydroxylation sites is 1. The van der Waals surface area contributed by atoms with Crippen molar-refractivity contribution in [3.8, 4) is 0 Å². The van der Waals surface area contributed by atoms with Crippen LogP contribution in [-0.2, 0) is 16.0 Å². The molecule has 0 spiro atoms. The van der Waals surface area contributed by atoms with Crippen molar-refractivity contribution < 1.29 is 14.0 Å². The van der Waals surface area contributed by atoms with Gasteiger partial charge in [-0.3, -0.25) is 0 Å². The van der Waals surface area contributed by atoms with Gasteiger partial charge in [-0.05, 0) is 23.3 Å². The second-order valence-electron chi connectivity index (χ2n) is 9.60. The largest absolute Gasteiger partial charge is 0.454 e. The van der Waals surface area contributed by atoms with Crippen molar-refractivity contribution in [2.75, 3.05) is 31.5 Å². The number of esters is 1. The molecule has 3 fully saturated rings. The van der Waals surface area contributed by atoms with Crippen LogP contribution < -0.4 is 5.32 Å². The van der Waals surface area contributed by atoms with Crippen LogP contribution in [0.25, 0.3) is 0 Å². The molecule has 4 nitrogen and oxygen atoms in total. The van der Waals surface area contributed by atoms with Gasteiger partial charge in [0.1, 0.15) is 6.54 Å². The van der Waals surface area contributed by atoms with Gasteiger partial charge in [0.25, 0.3) is 0 Å². The Hall–Kier alpha value is -3.11. The van der Waals surface area contributed by atoms with Crippen LogP contribution >= 0.6 is 0 Å². The topological polar surface area (TPSA) is 38.3 Å². The van der Waals surface area contributed by atoms with Gasteiger partial charge >= 0.3 is 5.97 Å². The van der Waals surface area contributed by atoms with E-state index in [2.05, 4.69) is 35.6 Å². The first-order valence-corrected chi connectivity index (χ1v) is 12.2. The quantitative estimate of drug-likeness (QED) is 0.384. The SMILES string of the molecule is O=C(O[C@H]1C[N+]2(CCc3ccccc3)CCC1CC2)[C@H](Nc1ccccc1)c1ccccc1. The Kier molecular flexibility index (Phi) is 6.45. The number of nitrogens with zero attached hydrogens (tertiary/aromatic N) is 1. The zero-order valence-electron chi connectivity index (χ0n) is 19.1. The first-order chi connectivity index (χ1) is 16.2. The molecule has 3 aromatic rings. The molecule has 0 aliphatic carbocycles. The molecule has 0 saturated carbocycles. The number of benzene rings is 3. The van der Waals surface area contributed by atoms with E-state index in [-0.39, 0.29) is 12.1 Å². The van der Waals surface area contributed by atoms with E-state index in [1.54, 1.807) is 0 Å². The molecule has 3 aliphatic rings. The third-order valence-electron chi connectivity index (χ3n) is 7.48. The van der Waals surface area contributed by atoms with Crippen molar-refractivity contribution >= 4 is 11.7 Å². The Labute approximate surface area is 196 Å². The molecule has 2 atom stereocenters. The normalized spacial score (nSPS) is 24.7. The Balaban J connectivity index is 1.29. The number of hydrogen-bond donors (Lipinski definition) is 1. The maximum atomic E-state index is 13.5. The number of quaternary nitrogens is 1. The Morgan fingerprint density at radius 2 is 1.48 bits per heavy atom. The number of hydrogen-bond acceptors (Lipinski definition) is 3. The van der Waals surface area contributed by atoms with Crippen LogP contribution in [0.4, 0.5) is 5.69 Å². The summed E-state index contributed by atoms with van der Waals surface area (Å²) in [4.78, 5) is 13.5. The lowest BCUT2D eigenvalue weighted by atomic mass is 9.83. The zero-order chi connectivity index (χ0) is 22.5. The second-order valence-corrected chi connectivity index (χ2v) is 9.60. The Morgan fingerprint density at radius 3 is 2.15 bits per heavy atom. The first-order valence-electron chi connectivity index (χ1n) is 12.2. The van der Waals surface area contributed by atoms with E-state index >= 15 is 0 Å². The maximum Gasteiger partial charge on any atom is 0.333 e. The lowest BCUT2D eigenvalue weighted by Crippen LogP contribution is -2.65. The van der Waals surface area contributed by atoms with Crippen molar-refractivity contribution in [3.05, 3.63) is 102 Å². The number of carbonyl (C=O) groups excluding carboxylic acids is 1. The van der Waals surface area contributed by atoms with Crippen molar-refractivity contribution in [1.29, 1.82) is 0 Å². The van der Waals surface area contributed by atoms with Crippen molar-refractivity contribution in [3.63, 3.8) is 0 Å². The van der Waals surface area contributed by atoms with Gasteiger partial charge in [0.2, 0.25) is 0 Å². The third kappa shape index (κ3) is 5.12. The second kappa shape index (κ2) is 9.80. The molecular formula is C29H33N2O2+. The summed E-state index contributed by atoms with van der Waals surface area (Å²) in [5.41, 5.74) is 3.24. The highest BCUT2D eigenvalue weighted by molar-refractivity contribution is 5.81. The average Bonchev–Trinajstić information content (AvgIpc) is 2.88. The van der Waals surface area contributed by atoms with Crippen LogP contribution in [-0.4, -0.2) is 42.7 Å². The average molecular weight is 442 g/mol. The van der Waals surface area contributed by atoms with E-state index in [0.29, 0.717) is 5.92 Å². The number of piperidine rings is 3. The van der Waals surface area contributed by atoms with Gasteiger partial charge < -0.3 is 14.5 Å². The fourth-order valence-corrected chi connectivity index (χ4v) is 5.52. The van der Waals surface area contributed by atoms with Crippen LogP contribution in [0.1, 0.15) is 30.0 Å². The molecule has 3 saturated heterocycles. The van der Waals surface area contributed by atoms with Crippen LogP contribution in [0.3, 0.4) is 0 Å². The standard InChI is InChI=1S/C29H33N2O2/c32-29(28(25-12-6-2-7-13-25)30-26-14-8-3-9-15-26)33-27-22-31(20-17-24(27)18-21-31)19-16-23-10-4-1-5-11-23/h1-15,24,27-28,30H,16-22H2/q+1/t24?,27-,28+,31?/m0/s1. The Bertz CT molecular complexity index is 1030. The number of rotatable bonds is 8. The summed E-state index contributed by atoms with van der Waals surface area (Å²) in [5, 5.41) is 3.41. The molecule has 0 radical (unpaired) electrons. The molecule has 3 aromatic carbocycles. The highest BCUT2D eigenvalue weighted by Crippen LogP contribution is 2.36. The lowest BCUT2D eigenvalue weighted by Gasteiger charge is -2.52. The van der Waals surface area contributed by atoms with E-state index < -0.39 is 6.04 Å². The number of ether oxygens (including phenoxy) is 1. The highest BCUT2D eigenvalue weighted by Gasteiger charge is 2.47. The van der Waals surface area contributed by atoms with Crippen molar-refractivity contribution in [2.45, 2.75) is 31.4 Å². The predicted octanol–water partition coefficient (Wildman–Crippen LogP) is 5.23. The fourth-order valence-electron chi connectivity index (χ4n) is 5.52. The zero-order valence-corrected chi connectivity index (χ0v) is 19.1. The molecule has 3 heterocycles. The summed E-state index contributed by atoms with van der Waals surface area (Å²) in [6.07, 6.45) is 3.37. The molecule has 0 amide bonds. The number of anilines is 1. The van der Waals surface area contributed by atoms with Gasteiger partial charge in [-0.25, -0.2) is 4.79 Å². The minimum atomic E-state index is -0.512. The minimum absolute atomic E-state index is 0.000408. The molecular weight excluding hydrogens is 408 g/mol. The third-order valence-corrected chi connectivity index (χ3v) is 7.48. The first kappa shape index (κ1) is 21.7. The summed E-state index contributed by atoms with van der Waals surface area (Å²) < 4.78 is 7.35. The van der Waals surface area contributed by atoms with E-state index in [4.69, 9.17) is 4.74 Å². The number of carbonyl (C=O) groups is 1. The molecule has 170 valence electrons. The monoisotopic (exact) mass is 441 g/mol. The fraction of sp³-hybridized carbons (Fsp3) is 0.345. The van der Waals surface area contributed by atoms with Gasteiger partial charge in [-0.15, -0.1) is 0 Å². The van der Waals surface area contributed by atoms with E-state index in [1.807, 2.05) is 60.7 Å². The van der Waals surface area contributed by atoms with Gasteiger partial charge in [-0.1, -0.05) is 78.9 Å². The number of nitrogens with one attached hydrogen (secondary N) is 1. The molecule has 1 N–H and O–H groups in total. The van der Waals surface area contributed by atoms with Crippen LogP contribution in [0.15, 0.2) is 91.0 Å². The van der Waals surface area contributed by atoms with Crippen LogP contribution in [0.2, 0.25) is 0 Å². The van der Waals surface area contributed by atoms with Crippen LogP contribution in [0.5, 0.6) is 0 Å². The maximum absolute atomic E-state index is 13.5.